The van der Waals surface area contributed by atoms with Gasteiger partial charge < -0.3 is 4.90 Å². The van der Waals surface area contributed by atoms with E-state index in [2.05, 4.69) is 0 Å². The van der Waals surface area contributed by atoms with Gasteiger partial charge in [0.25, 0.3) is 0 Å². The summed E-state index contributed by atoms with van der Waals surface area (Å²) in [6.07, 6.45) is 2.98. The van der Waals surface area contributed by atoms with Crippen LogP contribution in [-0.4, -0.2) is 29.3 Å². The van der Waals surface area contributed by atoms with Crippen molar-refractivity contribution in [1.29, 1.82) is 0 Å². The minimum Gasteiger partial charge on any atom is -0.338 e. The number of halogens is 3. The molecule has 0 aromatic heterocycles. The van der Waals surface area contributed by atoms with Gasteiger partial charge in [0.2, 0.25) is 5.91 Å². The lowest BCUT2D eigenvalue weighted by molar-refractivity contribution is -0.133. The number of likely N-dealkylation sites (tertiary alicyclic amines) is 1. The summed E-state index contributed by atoms with van der Waals surface area (Å²) in [6, 6.07) is 4.52. The summed E-state index contributed by atoms with van der Waals surface area (Å²) in [4.78, 5) is 14.0. The summed E-state index contributed by atoms with van der Waals surface area (Å²) < 4.78 is 13.7. The molecule has 1 fully saturated rings. The number of carbonyl (C=O) groups is 1. The SMILES string of the molecule is O=C(Cc1c(F)cccc1Cl)N1CCCCC1CCl. The molecule has 0 N–H and O–H groups in total. The molecule has 1 atom stereocenters. The lowest BCUT2D eigenvalue weighted by Crippen LogP contribution is -2.45. The number of carbonyl (C=O) groups excluding carboxylic acids is 1. The molecule has 1 heterocycles. The lowest BCUT2D eigenvalue weighted by Gasteiger charge is -2.34. The Hall–Kier alpha value is -0.800. The molecular weight excluding hydrogens is 288 g/mol. The third-order valence-electron chi connectivity index (χ3n) is 3.52. The smallest absolute Gasteiger partial charge is 0.227 e. The first-order valence-electron chi connectivity index (χ1n) is 6.42. The van der Waals surface area contributed by atoms with Crippen LogP contribution in [0.2, 0.25) is 5.02 Å². The molecule has 19 heavy (non-hydrogen) atoms. The Morgan fingerprint density at radius 1 is 1.42 bits per heavy atom. The van der Waals surface area contributed by atoms with Crippen LogP contribution in [-0.2, 0) is 11.2 Å². The van der Waals surface area contributed by atoms with Crippen LogP contribution < -0.4 is 0 Å². The van der Waals surface area contributed by atoms with Crippen molar-refractivity contribution in [2.75, 3.05) is 12.4 Å². The van der Waals surface area contributed by atoms with Gasteiger partial charge in [-0.25, -0.2) is 4.39 Å². The standard InChI is InChI=1S/C14H16Cl2FNO/c15-9-10-4-1-2-7-18(10)14(19)8-11-12(16)5-3-6-13(11)17/h3,5-6,10H,1-2,4,7-9H2. The molecule has 2 rings (SSSR count). The summed E-state index contributed by atoms with van der Waals surface area (Å²) in [5, 5.41) is 0.299. The topological polar surface area (TPSA) is 20.3 Å². The molecular formula is C14H16Cl2FNO. The van der Waals surface area contributed by atoms with Crippen LogP contribution in [0.5, 0.6) is 0 Å². The van der Waals surface area contributed by atoms with E-state index in [9.17, 15) is 9.18 Å². The zero-order valence-electron chi connectivity index (χ0n) is 10.5. The molecule has 0 spiro atoms. The zero-order valence-corrected chi connectivity index (χ0v) is 12.1. The van der Waals surface area contributed by atoms with Crippen molar-refractivity contribution >= 4 is 29.1 Å². The van der Waals surface area contributed by atoms with Gasteiger partial charge in [-0.2, -0.15) is 0 Å². The number of hydrogen-bond acceptors (Lipinski definition) is 1. The number of piperidine rings is 1. The molecule has 1 aliphatic heterocycles. The van der Waals surface area contributed by atoms with Crippen LogP contribution in [0, 0.1) is 5.82 Å². The average molecular weight is 304 g/mol. The first kappa shape index (κ1) is 14.6. The Balaban J connectivity index is 2.12. The molecule has 1 aliphatic rings. The Labute approximate surface area is 122 Å². The molecule has 2 nitrogen and oxygen atoms in total. The highest BCUT2D eigenvalue weighted by molar-refractivity contribution is 6.31. The van der Waals surface area contributed by atoms with E-state index in [0.717, 1.165) is 19.3 Å². The van der Waals surface area contributed by atoms with E-state index in [0.29, 0.717) is 17.4 Å². The molecule has 1 aromatic carbocycles. The Kier molecular flexibility index (Phi) is 5.06. The van der Waals surface area contributed by atoms with Gasteiger partial charge in [-0.1, -0.05) is 17.7 Å². The van der Waals surface area contributed by atoms with Gasteiger partial charge in [0.15, 0.2) is 0 Å². The Morgan fingerprint density at radius 2 is 2.21 bits per heavy atom. The second-order valence-electron chi connectivity index (χ2n) is 4.77. The Morgan fingerprint density at radius 3 is 2.89 bits per heavy atom. The molecule has 0 bridgehead atoms. The second kappa shape index (κ2) is 6.58. The number of rotatable bonds is 3. The third-order valence-corrected chi connectivity index (χ3v) is 4.23. The number of nitrogens with zero attached hydrogens (tertiary/aromatic N) is 1. The first-order chi connectivity index (χ1) is 9.13. The number of alkyl halides is 1. The second-order valence-corrected chi connectivity index (χ2v) is 5.48. The summed E-state index contributed by atoms with van der Waals surface area (Å²) in [6.45, 7) is 0.697. The lowest BCUT2D eigenvalue weighted by atomic mass is 10.0. The minimum atomic E-state index is -0.430. The van der Waals surface area contributed by atoms with Crippen molar-refractivity contribution in [3.63, 3.8) is 0 Å². The molecule has 1 amide bonds. The summed E-state index contributed by atoms with van der Waals surface area (Å²) in [7, 11) is 0. The first-order valence-corrected chi connectivity index (χ1v) is 7.33. The molecule has 1 aromatic rings. The van der Waals surface area contributed by atoms with E-state index in [1.54, 1.807) is 11.0 Å². The predicted molar refractivity (Wildman–Crippen MR) is 75.2 cm³/mol. The van der Waals surface area contributed by atoms with Crippen LogP contribution in [0.15, 0.2) is 18.2 Å². The van der Waals surface area contributed by atoms with Crippen LogP contribution in [0.4, 0.5) is 4.39 Å². The fraction of sp³-hybridized carbons (Fsp3) is 0.500. The van der Waals surface area contributed by atoms with Gasteiger partial charge in [0, 0.05) is 29.1 Å². The molecule has 1 saturated heterocycles. The fourth-order valence-electron chi connectivity index (χ4n) is 2.44. The van der Waals surface area contributed by atoms with Crippen LogP contribution in [0.3, 0.4) is 0 Å². The van der Waals surface area contributed by atoms with Gasteiger partial charge in [0.05, 0.1) is 6.42 Å². The summed E-state index contributed by atoms with van der Waals surface area (Å²) in [5.74, 6) is -0.103. The van der Waals surface area contributed by atoms with Gasteiger partial charge in [0.1, 0.15) is 5.82 Å². The minimum absolute atomic E-state index is 0.00110. The quantitative estimate of drug-likeness (QED) is 0.781. The van der Waals surface area contributed by atoms with Crippen LogP contribution in [0.1, 0.15) is 24.8 Å². The maximum absolute atomic E-state index is 13.7. The van der Waals surface area contributed by atoms with Crippen molar-refractivity contribution in [2.24, 2.45) is 0 Å². The van der Waals surface area contributed by atoms with Crippen LogP contribution >= 0.6 is 23.2 Å². The maximum Gasteiger partial charge on any atom is 0.227 e. The largest absolute Gasteiger partial charge is 0.338 e. The molecule has 0 radical (unpaired) electrons. The van der Waals surface area contributed by atoms with Crippen molar-refractivity contribution in [3.05, 3.63) is 34.6 Å². The summed E-state index contributed by atoms with van der Waals surface area (Å²) >= 11 is 11.8. The molecule has 104 valence electrons. The van der Waals surface area contributed by atoms with Crippen LogP contribution in [0.25, 0.3) is 0 Å². The number of benzene rings is 1. The van der Waals surface area contributed by atoms with Crippen molar-refractivity contribution in [1.82, 2.24) is 4.90 Å². The van der Waals surface area contributed by atoms with E-state index in [-0.39, 0.29) is 23.9 Å². The van der Waals surface area contributed by atoms with Crippen molar-refractivity contribution in [3.8, 4) is 0 Å². The summed E-state index contributed by atoms with van der Waals surface area (Å²) in [5.41, 5.74) is 0.271. The third kappa shape index (κ3) is 3.40. The fourth-order valence-corrected chi connectivity index (χ4v) is 2.99. The normalized spacial score (nSPS) is 19.5. The molecule has 0 aliphatic carbocycles. The van der Waals surface area contributed by atoms with Gasteiger partial charge >= 0.3 is 0 Å². The van der Waals surface area contributed by atoms with Crippen molar-refractivity contribution < 1.29 is 9.18 Å². The van der Waals surface area contributed by atoms with E-state index < -0.39 is 5.82 Å². The monoisotopic (exact) mass is 303 g/mol. The maximum atomic E-state index is 13.7. The van der Waals surface area contributed by atoms with Gasteiger partial charge in [-0.15, -0.1) is 11.6 Å². The highest BCUT2D eigenvalue weighted by Crippen LogP contribution is 2.23. The predicted octanol–water partition coefficient (Wildman–Crippen LogP) is 3.64. The molecule has 5 heteroatoms. The molecule has 1 unspecified atom stereocenters. The average Bonchev–Trinajstić information content (AvgIpc) is 2.42. The van der Waals surface area contributed by atoms with E-state index in [4.69, 9.17) is 23.2 Å². The highest BCUT2D eigenvalue weighted by Gasteiger charge is 2.26. The van der Waals surface area contributed by atoms with E-state index in [1.165, 1.54) is 12.1 Å². The van der Waals surface area contributed by atoms with Gasteiger partial charge in [-0.3, -0.25) is 4.79 Å². The highest BCUT2D eigenvalue weighted by atomic mass is 35.5. The van der Waals surface area contributed by atoms with E-state index >= 15 is 0 Å². The van der Waals surface area contributed by atoms with E-state index in [1.807, 2.05) is 0 Å². The van der Waals surface area contributed by atoms with Crippen molar-refractivity contribution in [2.45, 2.75) is 31.7 Å². The number of amides is 1. The van der Waals surface area contributed by atoms with Gasteiger partial charge in [-0.05, 0) is 31.4 Å². The number of hydrogen-bond donors (Lipinski definition) is 0. The molecule has 0 saturated carbocycles. The zero-order chi connectivity index (χ0) is 13.8. The Bertz CT molecular complexity index is 447.